The zero-order valence-corrected chi connectivity index (χ0v) is 12.9. The summed E-state index contributed by atoms with van der Waals surface area (Å²) in [5.41, 5.74) is -2.60. The number of hydrogen-bond acceptors (Lipinski definition) is 5. The minimum atomic E-state index is -2.25. The maximum absolute atomic E-state index is 13.9. The van der Waals surface area contributed by atoms with Gasteiger partial charge in [-0.25, -0.2) is 17.6 Å². The molecule has 0 spiro atoms. The molecule has 2 aliphatic heterocycles. The molecule has 1 aromatic rings. The van der Waals surface area contributed by atoms with Crippen molar-refractivity contribution in [1.29, 1.82) is 0 Å². The van der Waals surface area contributed by atoms with Crippen molar-refractivity contribution < 1.29 is 41.8 Å². The van der Waals surface area contributed by atoms with Gasteiger partial charge in [-0.3, -0.25) is 29.0 Å². The Labute approximate surface area is 142 Å². The van der Waals surface area contributed by atoms with Crippen LogP contribution in [0.2, 0.25) is 0 Å². The maximum Gasteiger partial charge on any atom is 0.265 e. The highest BCUT2D eigenvalue weighted by Gasteiger charge is 2.50. The number of imide groups is 2. The summed E-state index contributed by atoms with van der Waals surface area (Å²) in [7, 11) is 0. The van der Waals surface area contributed by atoms with E-state index in [1.807, 2.05) is 0 Å². The number of amides is 4. The molecule has 1 aromatic carbocycles. The Kier molecular flexibility index (Phi) is 4.26. The molecule has 0 saturated carbocycles. The smallest absolute Gasteiger partial charge is 0.265 e. The highest BCUT2D eigenvalue weighted by Crippen LogP contribution is 2.34. The maximum atomic E-state index is 13.9. The number of likely N-dealkylation sites (tertiary alicyclic amines) is 1. The minimum Gasteiger partial charge on any atom is -0.395 e. The fraction of sp³-hybridized carbons (Fsp3) is 0.333. The number of carbonyl (C=O) groups excluding carboxylic acids is 4. The number of rotatable bonds is 3. The Hall–Kier alpha value is -2.82. The predicted octanol–water partition coefficient (Wildman–Crippen LogP) is 0.349. The number of hydrogen-bond donors (Lipinski definition) is 1. The van der Waals surface area contributed by atoms with E-state index in [1.165, 1.54) is 0 Å². The lowest BCUT2D eigenvalue weighted by atomic mass is 10.0. The minimum absolute atomic E-state index is 0.189. The van der Waals surface area contributed by atoms with Crippen LogP contribution < -0.4 is 0 Å². The van der Waals surface area contributed by atoms with Gasteiger partial charge in [0.2, 0.25) is 5.91 Å². The molecule has 11 heteroatoms. The van der Waals surface area contributed by atoms with E-state index < -0.39 is 77.2 Å². The Bertz CT molecular complexity index is 825. The summed E-state index contributed by atoms with van der Waals surface area (Å²) in [6.07, 6.45) is -0.600. The van der Waals surface area contributed by atoms with Crippen LogP contribution in [-0.4, -0.2) is 57.7 Å². The molecule has 4 amide bonds. The van der Waals surface area contributed by atoms with Crippen molar-refractivity contribution in [2.75, 3.05) is 13.2 Å². The fourth-order valence-corrected chi connectivity index (χ4v) is 3.05. The van der Waals surface area contributed by atoms with Crippen LogP contribution >= 0.6 is 0 Å². The number of piperidine rings is 1. The van der Waals surface area contributed by atoms with Gasteiger partial charge in [0.15, 0.2) is 23.3 Å². The van der Waals surface area contributed by atoms with Crippen molar-refractivity contribution in [3.8, 4) is 0 Å². The lowest BCUT2D eigenvalue weighted by Gasteiger charge is -2.34. The van der Waals surface area contributed by atoms with Crippen molar-refractivity contribution in [3.05, 3.63) is 34.4 Å². The van der Waals surface area contributed by atoms with E-state index in [1.54, 1.807) is 0 Å². The van der Waals surface area contributed by atoms with Gasteiger partial charge in [-0.05, 0) is 6.42 Å². The zero-order valence-electron chi connectivity index (χ0n) is 12.9. The standard InChI is InChI=1S/C15H10F4N2O5/c16-9-7-8(10(17)12(19)11(9)18)15(26)21(14(7)25)5-1-2-6(23)20(3-4-22)13(5)24/h5,22H,1-4H2. The van der Waals surface area contributed by atoms with Gasteiger partial charge in [-0.15, -0.1) is 0 Å². The van der Waals surface area contributed by atoms with Gasteiger partial charge in [-0.2, -0.15) is 0 Å². The largest absolute Gasteiger partial charge is 0.395 e. The van der Waals surface area contributed by atoms with E-state index in [4.69, 9.17) is 5.11 Å². The molecule has 2 heterocycles. The first kappa shape index (κ1) is 18.0. The number of aliphatic hydroxyl groups excluding tert-OH is 1. The van der Waals surface area contributed by atoms with Crippen LogP contribution in [0.5, 0.6) is 0 Å². The molecule has 0 bridgehead atoms. The van der Waals surface area contributed by atoms with E-state index >= 15 is 0 Å². The average molecular weight is 374 g/mol. The summed E-state index contributed by atoms with van der Waals surface area (Å²) in [6, 6.07) is -1.59. The Balaban J connectivity index is 2.06. The summed E-state index contributed by atoms with van der Waals surface area (Å²) in [6.45, 7) is -0.977. The van der Waals surface area contributed by atoms with Crippen LogP contribution in [0.15, 0.2) is 0 Å². The molecule has 1 atom stereocenters. The topological polar surface area (TPSA) is 95.0 Å². The monoisotopic (exact) mass is 374 g/mol. The molecule has 0 aliphatic carbocycles. The third-order valence-electron chi connectivity index (χ3n) is 4.25. The van der Waals surface area contributed by atoms with Crippen LogP contribution in [0.25, 0.3) is 0 Å². The molecule has 26 heavy (non-hydrogen) atoms. The number of nitrogens with zero attached hydrogens (tertiary/aromatic N) is 2. The molecule has 0 aromatic heterocycles. The quantitative estimate of drug-likeness (QED) is 0.357. The summed E-state index contributed by atoms with van der Waals surface area (Å²) < 4.78 is 54.6. The number of β-amino-alcohol motifs (C(OH)–C–C–N with tert-alkyl or cyclic N) is 1. The molecule has 0 radical (unpaired) electrons. The van der Waals surface area contributed by atoms with Crippen molar-refractivity contribution in [3.63, 3.8) is 0 Å². The van der Waals surface area contributed by atoms with Gasteiger partial charge < -0.3 is 5.11 Å². The summed E-state index contributed by atoms with van der Waals surface area (Å²) in [4.78, 5) is 49.6. The SMILES string of the molecule is O=C1CCC(N2C(=O)c3c(F)c(F)c(F)c(F)c3C2=O)C(=O)N1CCO. The van der Waals surface area contributed by atoms with Crippen molar-refractivity contribution in [2.45, 2.75) is 18.9 Å². The Morgan fingerprint density at radius 3 is 1.85 bits per heavy atom. The molecular formula is C15H10F4N2O5. The molecule has 1 N–H and O–H groups in total. The molecule has 1 fully saturated rings. The van der Waals surface area contributed by atoms with Crippen molar-refractivity contribution in [1.82, 2.24) is 9.80 Å². The lowest BCUT2D eigenvalue weighted by Crippen LogP contribution is -2.56. The van der Waals surface area contributed by atoms with E-state index in [9.17, 15) is 36.7 Å². The Morgan fingerprint density at radius 1 is 0.885 bits per heavy atom. The van der Waals surface area contributed by atoms with Gasteiger partial charge in [0.25, 0.3) is 17.7 Å². The number of benzene rings is 1. The molecule has 7 nitrogen and oxygen atoms in total. The van der Waals surface area contributed by atoms with E-state index in [0.717, 1.165) is 0 Å². The summed E-state index contributed by atoms with van der Waals surface area (Å²) in [5.74, 6) is -13.3. The second-order valence-electron chi connectivity index (χ2n) is 5.65. The molecule has 1 unspecified atom stereocenters. The summed E-state index contributed by atoms with van der Waals surface area (Å²) in [5, 5.41) is 8.91. The first-order valence-electron chi connectivity index (χ1n) is 7.41. The number of aliphatic hydroxyl groups is 1. The normalized spacial score (nSPS) is 20.3. The van der Waals surface area contributed by atoms with Gasteiger partial charge >= 0.3 is 0 Å². The zero-order chi connectivity index (χ0) is 19.3. The van der Waals surface area contributed by atoms with Gasteiger partial charge in [0, 0.05) is 6.42 Å². The molecule has 138 valence electrons. The van der Waals surface area contributed by atoms with E-state index in [-0.39, 0.29) is 17.7 Å². The van der Waals surface area contributed by atoms with Crippen LogP contribution in [0.3, 0.4) is 0 Å². The van der Waals surface area contributed by atoms with Gasteiger partial charge in [0.1, 0.15) is 6.04 Å². The predicted molar refractivity (Wildman–Crippen MR) is 73.6 cm³/mol. The third kappa shape index (κ3) is 2.30. The van der Waals surface area contributed by atoms with E-state index in [0.29, 0.717) is 4.90 Å². The highest BCUT2D eigenvalue weighted by molar-refractivity contribution is 6.23. The van der Waals surface area contributed by atoms with Crippen molar-refractivity contribution in [2.24, 2.45) is 0 Å². The molecule has 1 saturated heterocycles. The Morgan fingerprint density at radius 2 is 1.38 bits per heavy atom. The van der Waals surface area contributed by atoms with Crippen LogP contribution in [0.4, 0.5) is 17.6 Å². The van der Waals surface area contributed by atoms with E-state index in [2.05, 4.69) is 0 Å². The van der Waals surface area contributed by atoms with Crippen LogP contribution in [0, 0.1) is 23.3 Å². The van der Waals surface area contributed by atoms with Crippen LogP contribution in [-0.2, 0) is 9.59 Å². The van der Waals surface area contributed by atoms with Gasteiger partial charge in [-0.1, -0.05) is 0 Å². The second-order valence-corrected chi connectivity index (χ2v) is 5.65. The third-order valence-corrected chi connectivity index (χ3v) is 4.25. The first-order valence-corrected chi connectivity index (χ1v) is 7.41. The van der Waals surface area contributed by atoms with Crippen LogP contribution in [0.1, 0.15) is 33.6 Å². The number of fused-ring (bicyclic) bond motifs is 1. The highest BCUT2D eigenvalue weighted by atomic mass is 19.2. The second kappa shape index (κ2) is 6.16. The van der Waals surface area contributed by atoms with Gasteiger partial charge in [0.05, 0.1) is 24.3 Å². The molecular weight excluding hydrogens is 364 g/mol. The van der Waals surface area contributed by atoms with Crippen molar-refractivity contribution >= 4 is 23.6 Å². The first-order chi connectivity index (χ1) is 12.2. The molecule has 2 aliphatic rings. The average Bonchev–Trinajstić information content (AvgIpc) is 2.86. The molecule has 3 rings (SSSR count). The lowest BCUT2D eigenvalue weighted by molar-refractivity contribution is -0.152. The summed E-state index contributed by atoms with van der Waals surface area (Å²) >= 11 is 0. The fourth-order valence-electron chi connectivity index (χ4n) is 3.05. The number of carbonyl (C=O) groups is 4. The number of halogens is 4.